The summed E-state index contributed by atoms with van der Waals surface area (Å²) in [7, 11) is 0. The van der Waals surface area contributed by atoms with Crippen LogP contribution in [0.15, 0.2) is 54.7 Å². The molecule has 0 unspecified atom stereocenters. The van der Waals surface area contributed by atoms with E-state index < -0.39 is 0 Å². The van der Waals surface area contributed by atoms with Gasteiger partial charge in [0.1, 0.15) is 5.82 Å². The molecule has 0 atom stereocenters. The van der Waals surface area contributed by atoms with Crippen LogP contribution in [-0.4, -0.2) is 20.9 Å². The Morgan fingerprint density at radius 3 is 2.52 bits per heavy atom. The van der Waals surface area contributed by atoms with Crippen molar-refractivity contribution in [2.45, 2.75) is 13.5 Å². The third kappa shape index (κ3) is 3.60. The molecule has 0 spiro atoms. The molecule has 3 rings (SSSR count). The molecule has 0 radical (unpaired) electrons. The van der Waals surface area contributed by atoms with Gasteiger partial charge in [-0.2, -0.15) is 0 Å². The minimum Gasteiger partial charge on any atom is -0.347 e. The number of aryl methyl sites for hydroxylation is 1. The summed E-state index contributed by atoms with van der Waals surface area (Å²) in [5, 5.41) is 10.6. The summed E-state index contributed by atoms with van der Waals surface area (Å²) in [5.41, 5.74) is 3.02. The topological polar surface area (TPSA) is 59.8 Å². The van der Waals surface area contributed by atoms with Crippen LogP contribution < -0.4 is 5.32 Å². The Balaban J connectivity index is 1.66. The summed E-state index contributed by atoms with van der Waals surface area (Å²) in [6.45, 7) is 2.30. The predicted molar refractivity (Wildman–Crippen MR) is 83.7 cm³/mol. The molecule has 5 nitrogen and oxygen atoms in total. The van der Waals surface area contributed by atoms with Gasteiger partial charge in [0.15, 0.2) is 5.69 Å². The van der Waals surface area contributed by atoms with E-state index in [1.807, 2.05) is 31.2 Å². The van der Waals surface area contributed by atoms with Gasteiger partial charge in [-0.1, -0.05) is 35.0 Å². The molecule has 6 heteroatoms. The number of rotatable bonds is 4. The van der Waals surface area contributed by atoms with E-state index >= 15 is 0 Å². The molecule has 2 aromatic carbocycles. The van der Waals surface area contributed by atoms with Gasteiger partial charge in [-0.3, -0.25) is 4.79 Å². The zero-order valence-electron chi connectivity index (χ0n) is 12.5. The maximum atomic E-state index is 12.8. The monoisotopic (exact) mass is 310 g/mol. The molecule has 0 aliphatic carbocycles. The summed E-state index contributed by atoms with van der Waals surface area (Å²) < 4.78 is 14.4. The summed E-state index contributed by atoms with van der Waals surface area (Å²) in [4.78, 5) is 12.1. The van der Waals surface area contributed by atoms with Crippen LogP contribution in [0.5, 0.6) is 0 Å². The average Bonchev–Trinajstić information content (AvgIpc) is 3.05. The van der Waals surface area contributed by atoms with Crippen LogP contribution in [0, 0.1) is 12.7 Å². The highest BCUT2D eigenvalue weighted by Crippen LogP contribution is 2.08. The van der Waals surface area contributed by atoms with Gasteiger partial charge in [0, 0.05) is 6.54 Å². The first-order chi connectivity index (χ1) is 11.1. The molecule has 1 amide bonds. The number of hydrogen-bond donors (Lipinski definition) is 1. The van der Waals surface area contributed by atoms with Gasteiger partial charge in [0.2, 0.25) is 0 Å². The lowest BCUT2D eigenvalue weighted by Gasteiger charge is -2.03. The molecule has 1 N–H and O–H groups in total. The predicted octanol–water partition coefficient (Wildman–Crippen LogP) is 2.64. The van der Waals surface area contributed by atoms with Gasteiger partial charge in [0.25, 0.3) is 5.91 Å². The molecule has 0 aliphatic rings. The third-order valence-corrected chi connectivity index (χ3v) is 3.39. The highest BCUT2D eigenvalue weighted by atomic mass is 19.1. The van der Waals surface area contributed by atoms with E-state index in [4.69, 9.17) is 0 Å². The van der Waals surface area contributed by atoms with Crippen molar-refractivity contribution in [2.75, 3.05) is 0 Å². The van der Waals surface area contributed by atoms with E-state index in [1.165, 1.54) is 12.1 Å². The Labute approximate surface area is 132 Å². The standard InChI is InChI=1S/C17H15FN4O/c1-12-2-8-15(9-3-12)22-11-16(20-21-22)17(23)19-10-13-4-6-14(18)7-5-13/h2-9,11H,10H2,1H3,(H,19,23). The molecule has 1 aromatic heterocycles. The molecule has 3 aromatic rings. The lowest BCUT2D eigenvalue weighted by atomic mass is 10.2. The van der Waals surface area contributed by atoms with Crippen molar-refractivity contribution in [3.8, 4) is 5.69 Å². The molecule has 1 heterocycles. The first-order valence-corrected chi connectivity index (χ1v) is 7.14. The third-order valence-electron chi connectivity index (χ3n) is 3.39. The van der Waals surface area contributed by atoms with Crippen LogP contribution in [0.2, 0.25) is 0 Å². The summed E-state index contributed by atoms with van der Waals surface area (Å²) in [6, 6.07) is 13.7. The van der Waals surface area contributed by atoms with Crippen molar-refractivity contribution in [1.82, 2.24) is 20.3 Å². The van der Waals surface area contributed by atoms with E-state index in [0.29, 0.717) is 6.54 Å². The normalized spacial score (nSPS) is 10.5. The van der Waals surface area contributed by atoms with Crippen molar-refractivity contribution in [3.63, 3.8) is 0 Å². The van der Waals surface area contributed by atoms with E-state index in [-0.39, 0.29) is 17.4 Å². The zero-order valence-corrected chi connectivity index (χ0v) is 12.5. The number of nitrogens with zero attached hydrogens (tertiary/aromatic N) is 3. The Morgan fingerprint density at radius 2 is 1.83 bits per heavy atom. The van der Waals surface area contributed by atoms with E-state index in [1.54, 1.807) is 23.0 Å². The fourth-order valence-corrected chi connectivity index (χ4v) is 2.07. The minimum atomic E-state index is -0.326. The van der Waals surface area contributed by atoms with E-state index in [9.17, 15) is 9.18 Å². The maximum Gasteiger partial charge on any atom is 0.273 e. The first kappa shape index (κ1) is 14.9. The van der Waals surface area contributed by atoms with Crippen LogP contribution in [0.25, 0.3) is 5.69 Å². The van der Waals surface area contributed by atoms with Crippen molar-refractivity contribution in [2.24, 2.45) is 0 Å². The quantitative estimate of drug-likeness (QED) is 0.806. The molecular formula is C17H15FN4O. The highest BCUT2D eigenvalue weighted by molar-refractivity contribution is 5.91. The molecule has 0 bridgehead atoms. The second-order valence-corrected chi connectivity index (χ2v) is 5.19. The lowest BCUT2D eigenvalue weighted by Crippen LogP contribution is -2.23. The fraction of sp³-hybridized carbons (Fsp3) is 0.118. The maximum absolute atomic E-state index is 12.8. The number of benzene rings is 2. The summed E-state index contributed by atoms with van der Waals surface area (Å²) in [6.07, 6.45) is 1.57. The van der Waals surface area contributed by atoms with Crippen molar-refractivity contribution >= 4 is 5.91 Å². The van der Waals surface area contributed by atoms with Crippen LogP contribution in [0.3, 0.4) is 0 Å². The number of amides is 1. The van der Waals surface area contributed by atoms with Gasteiger partial charge in [0.05, 0.1) is 11.9 Å². The minimum absolute atomic E-state index is 0.229. The zero-order chi connectivity index (χ0) is 16.2. The molecule has 0 fully saturated rings. The van der Waals surface area contributed by atoms with Gasteiger partial charge in [-0.05, 0) is 36.8 Å². The molecule has 0 aliphatic heterocycles. The van der Waals surface area contributed by atoms with Crippen molar-refractivity contribution in [3.05, 3.63) is 77.4 Å². The Bertz CT molecular complexity index is 809. The van der Waals surface area contributed by atoms with E-state index in [0.717, 1.165) is 16.8 Å². The summed E-state index contributed by atoms with van der Waals surface area (Å²) in [5.74, 6) is -0.631. The Morgan fingerprint density at radius 1 is 1.13 bits per heavy atom. The van der Waals surface area contributed by atoms with Gasteiger partial charge < -0.3 is 5.32 Å². The number of carbonyl (C=O) groups is 1. The van der Waals surface area contributed by atoms with Crippen LogP contribution >= 0.6 is 0 Å². The van der Waals surface area contributed by atoms with Crippen molar-refractivity contribution < 1.29 is 9.18 Å². The summed E-state index contributed by atoms with van der Waals surface area (Å²) >= 11 is 0. The van der Waals surface area contributed by atoms with E-state index in [2.05, 4.69) is 15.6 Å². The Hall–Kier alpha value is -3.02. The SMILES string of the molecule is Cc1ccc(-n2cc(C(=O)NCc3ccc(F)cc3)nn2)cc1. The van der Waals surface area contributed by atoms with Crippen LogP contribution in [0.1, 0.15) is 21.6 Å². The molecular weight excluding hydrogens is 295 g/mol. The number of nitrogens with one attached hydrogen (secondary N) is 1. The van der Waals surface area contributed by atoms with Gasteiger partial charge in [-0.25, -0.2) is 9.07 Å². The van der Waals surface area contributed by atoms with Crippen molar-refractivity contribution in [1.29, 1.82) is 0 Å². The number of halogens is 1. The second-order valence-electron chi connectivity index (χ2n) is 5.19. The fourth-order valence-electron chi connectivity index (χ4n) is 2.07. The van der Waals surface area contributed by atoms with Gasteiger partial charge >= 0.3 is 0 Å². The number of carbonyl (C=O) groups excluding carboxylic acids is 1. The molecule has 23 heavy (non-hydrogen) atoms. The smallest absolute Gasteiger partial charge is 0.273 e. The average molecular weight is 310 g/mol. The first-order valence-electron chi connectivity index (χ1n) is 7.14. The highest BCUT2D eigenvalue weighted by Gasteiger charge is 2.11. The second kappa shape index (κ2) is 6.39. The number of hydrogen-bond acceptors (Lipinski definition) is 3. The number of aromatic nitrogens is 3. The largest absolute Gasteiger partial charge is 0.347 e. The molecule has 116 valence electrons. The Kier molecular flexibility index (Phi) is 4.14. The van der Waals surface area contributed by atoms with Crippen LogP contribution in [-0.2, 0) is 6.54 Å². The molecule has 0 saturated heterocycles. The molecule has 0 saturated carbocycles. The lowest BCUT2D eigenvalue weighted by molar-refractivity contribution is 0.0946. The van der Waals surface area contributed by atoms with Crippen LogP contribution in [0.4, 0.5) is 4.39 Å². The van der Waals surface area contributed by atoms with Gasteiger partial charge in [-0.15, -0.1) is 5.10 Å².